The SMILES string of the molecule is COc1cc(/C=C2\SC(=O)N(Cc3ccc(F)cc3Cl)C2=O)cc(Cl)c1OCc1cccc([N+](=O)[O-])c1. The molecule has 0 unspecified atom stereocenters. The lowest BCUT2D eigenvalue weighted by molar-refractivity contribution is -0.384. The lowest BCUT2D eigenvalue weighted by Gasteiger charge is -2.14. The van der Waals surface area contributed by atoms with Crippen molar-refractivity contribution >= 4 is 57.9 Å². The predicted molar refractivity (Wildman–Crippen MR) is 138 cm³/mol. The van der Waals surface area contributed by atoms with Gasteiger partial charge in [-0.15, -0.1) is 0 Å². The lowest BCUT2D eigenvalue weighted by atomic mass is 10.1. The van der Waals surface area contributed by atoms with E-state index in [9.17, 15) is 24.1 Å². The van der Waals surface area contributed by atoms with Crippen LogP contribution in [0.3, 0.4) is 0 Å². The average molecular weight is 563 g/mol. The molecule has 1 fully saturated rings. The molecule has 3 aromatic rings. The molecule has 0 N–H and O–H groups in total. The fourth-order valence-electron chi connectivity index (χ4n) is 3.49. The number of methoxy groups -OCH3 is 1. The van der Waals surface area contributed by atoms with Gasteiger partial charge < -0.3 is 9.47 Å². The molecule has 12 heteroatoms. The van der Waals surface area contributed by atoms with Gasteiger partial charge in [-0.05, 0) is 58.8 Å². The molecular weight excluding hydrogens is 546 g/mol. The highest BCUT2D eigenvalue weighted by molar-refractivity contribution is 8.18. The van der Waals surface area contributed by atoms with Crippen molar-refractivity contribution in [3.05, 3.63) is 102 Å². The highest BCUT2D eigenvalue weighted by Gasteiger charge is 2.35. The molecule has 1 heterocycles. The number of thioether (sulfide) groups is 1. The Labute approximate surface area is 224 Å². The van der Waals surface area contributed by atoms with Crippen molar-refractivity contribution in [1.82, 2.24) is 4.90 Å². The Kier molecular flexibility index (Phi) is 8.01. The van der Waals surface area contributed by atoms with Crippen molar-refractivity contribution in [2.75, 3.05) is 7.11 Å². The highest BCUT2D eigenvalue weighted by atomic mass is 35.5. The summed E-state index contributed by atoms with van der Waals surface area (Å²) in [5.74, 6) is -0.573. The largest absolute Gasteiger partial charge is 0.493 e. The number of non-ortho nitro benzene ring substituents is 1. The van der Waals surface area contributed by atoms with Gasteiger partial charge in [0.05, 0.1) is 28.5 Å². The molecule has 0 atom stereocenters. The van der Waals surface area contributed by atoms with Crippen molar-refractivity contribution in [2.45, 2.75) is 13.2 Å². The molecular formula is C25H17Cl2FN2O6S. The second-order valence-corrected chi connectivity index (χ2v) is 9.56. The van der Waals surface area contributed by atoms with E-state index < -0.39 is 21.9 Å². The number of hydrogen-bond acceptors (Lipinski definition) is 7. The molecule has 1 aliphatic heterocycles. The lowest BCUT2D eigenvalue weighted by Crippen LogP contribution is -2.27. The molecule has 8 nitrogen and oxygen atoms in total. The molecule has 0 radical (unpaired) electrons. The number of nitrogens with zero attached hydrogens (tertiary/aromatic N) is 2. The quantitative estimate of drug-likeness (QED) is 0.168. The van der Waals surface area contributed by atoms with Crippen LogP contribution in [0.1, 0.15) is 16.7 Å². The molecule has 2 amide bonds. The minimum atomic E-state index is -0.531. The molecule has 3 aromatic carbocycles. The first-order chi connectivity index (χ1) is 17.7. The van der Waals surface area contributed by atoms with Crippen LogP contribution in [-0.2, 0) is 17.9 Å². The van der Waals surface area contributed by atoms with Gasteiger partial charge in [-0.25, -0.2) is 4.39 Å². The van der Waals surface area contributed by atoms with Crippen LogP contribution in [-0.4, -0.2) is 28.1 Å². The zero-order valence-corrected chi connectivity index (χ0v) is 21.4. The molecule has 37 heavy (non-hydrogen) atoms. The van der Waals surface area contributed by atoms with Crippen molar-refractivity contribution in [2.24, 2.45) is 0 Å². The van der Waals surface area contributed by atoms with Crippen LogP contribution in [0.15, 0.2) is 59.5 Å². The summed E-state index contributed by atoms with van der Waals surface area (Å²) in [6.45, 7) is -0.0996. The van der Waals surface area contributed by atoms with Crippen molar-refractivity contribution in [3.63, 3.8) is 0 Å². The van der Waals surface area contributed by atoms with Crippen LogP contribution in [0.5, 0.6) is 11.5 Å². The minimum Gasteiger partial charge on any atom is -0.493 e. The van der Waals surface area contributed by atoms with E-state index in [1.54, 1.807) is 18.2 Å². The summed E-state index contributed by atoms with van der Waals surface area (Å²) in [6.07, 6.45) is 1.50. The summed E-state index contributed by atoms with van der Waals surface area (Å²) in [4.78, 5) is 37.1. The number of amides is 2. The summed E-state index contributed by atoms with van der Waals surface area (Å²) < 4.78 is 24.5. The first kappa shape index (κ1) is 26.5. The van der Waals surface area contributed by atoms with Crippen LogP contribution in [0.25, 0.3) is 6.08 Å². The van der Waals surface area contributed by atoms with Crippen LogP contribution in [0.2, 0.25) is 10.0 Å². The summed E-state index contributed by atoms with van der Waals surface area (Å²) in [5.41, 5.74) is 1.41. The molecule has 1 aliphatic rings. The molecule has 0 aromatic heterocycles. The number of imide groups is 1. The number of benzene rings is 3. The number of nitro groups is 1. The van der Waals surface area contributed by atoms with Gasteiger partial charge >= 0.3 is 0 Å². The smallest absolute Gasteiger partial charge is 0.293 e. The van der Waals surface area contributed by atoms with Gasteiger partial charge in [0.25, 0.3) is 16.8 Å². The van der Waals surface area contributed by atoms with E-state index in [-0.39, 0.29) is 45.3 Å². The van der Waals surface area contributed by atoms with E-state index in [2.05, 4.69) is 0 Å². The fourth-order valence-corrected chi connectivity index (χ4v) is 4.83. The van der Waals surface area contributed by atoms with E-state index in [0.717, 1.165) is 22.7 Å². The second-order valence-electron chi connectivity index (χ2n) is 7.75. The Hall–Kier alpha value is -3.60. The average Bonchev–Trinajstić information content (AvgIpc) is 3.12. The van der Waals surface area contributed by atoms with Gasteiger partial charge in [-0.3, -0.25) is 24.6 Å². The third kappa shape index (κ3) is 6.04. The van der Waals surface area contributed by atoms with Gasteiger partial charge in [0, 0.05) is 17.2 Å². The van der Waals surface area contributed by atoms with Crippen LogP contribution < -0.4 is 9.47 Å². The summed E-state index contributed by atoms with van der Waals surface area (Å²) >= 11 is 13.2. The van der Waals surface area contributed by atoms with Gasteiger partial charge in [0.1, 0.15) is 12.4 Å². The molecule has 0 bridgehead atoms. The van der Waals surface area contributed by atoms with Gasteiger partial charge in [-0.1, -0.05) is 41.4 Å². The molecule has 0 saturated carbocycles. The maximum absolute atomic E-state index is 13.3. The van der Waals surface area contributed by atoms with Crippen LogP contribution in [0.4, 0.5) is 14.9 Å². The standard InChI is InChI=1S/C25H17Cl2FN2O6S/c1-35-21-9-15(8-20(27)23(21)36-13-14-3-2-4-18(7-14)30(33)34)10-22-24(31)29(25(32)37-22)12-16-5-6-17(28)11-19(16)26/h2-11H,12-13H2,1H3/b22-10-. The number of rotatable bonds is 8. The van der Waals surface area contributed by atoms with E-state index >= 15 is 0 Å². The number of ether oxygens (including phenoxy) is 2. The Balaban J connectivity index is 1.53. The van der Waals surface area contributed by atoms with E-state index in [1.165, 1.54) is 43.5 Å². The Morgan fingerprint density at radius 2 is 1.89 bits per heavy atom. The maximum Gasteiger partial charge on any atom is 0.293 e. The van der Waals surface area contributed by atoms with Crippen LogP contribution >= 0.6 is 35.0 Å². The van der Waals surface area contributed by atoms with E-state index in [4.69, 9.17) is 32.7 Å². The second kappa shape index (κ2) is 11.2. The first-order valence-corrected chi connectivity index (χ1v) is 12.2. The maximum atomic E-state index is 13.3. The van der Waals surface area contributed by atoms with E-state index in [0.29, 0.717) is 16.7 Å². The third-order valence-electron chi connectivity index (χ3n) is 5.27. The summed E-state index contributed by atoms with van der Waals surface area (Å²) in [6, 6.07) is 12.9. The number of carbonyl (C=O) groups is 2. The number of carbonyl (C=O) groups excluding carboxylic acids is 2. The Morgan fingerprint density at radius 1 is 1.11 bits per heavy atom. The van der Waals surface area contributed by atoms with Crippen molar-refractivity contribution < 1.29 is 28.4 Å². The molecule has 0 aliphatic carbocycles. The number of nitro benzene ring substituents is 1. The zero-order chi connectivity index (χ0) is 26.7. The van der Waals surface area contributed by atoms with Gasteiger partial charge in [-0.2, -0.15) is 0 Å². The monoisotopic (exact) mass is 562 g/mol. The Morgan fingerprint density at radius 3 is 2.59 bits per heavy atom. The molecule has 1 saturated heterocycles. The molecule has 4 rings (SSSR count). The van der Waals surface area contributed by atoms with Gasteiger partial charge in [0.2, 0.25) is 0 Å². The van der Waals surface area contributed by atoms with Crippen molar-refractivity contribution in [1.29, 1.82) is 0 Å². The predicted octanol–water partition coefficient (Wildman–Crippen LogP) is 6.86. The summed E-state index contributed by atoms with van der Waals surface area (Å²) in [7, 11) is 1.41. The molecule has 190 valence electrons. The van der Waals surface area contributed by atoms with Crippen molar-refractivity contribution in [3.8, 4) is 11.5 Å². The number of halogens is 3. The highest BCUT2D eigenvalue weighted by Crippen LogP contribution is 2.40. The summed E-state index contributed by atoms with van der Waals surface area (Å²) in [5, 5.41) is 10.8. The first-order valence-electron chi connectivity index (χ1n) is 10.6. The fraction of sp³-hybridized carbons (Fsp3) is 0.120. The topological polar surface area (TPSA) is 99.0 Å². The van der Waals surface area contributed by atoms with E-state index in [1.807, 2.05) is 0 Å². The van der Waals surface area contributed by atoms with Crippen LogP contribution in [0, 0.1) is 15.9 Å². The third-order valence-corrected chi connectivity index (χ3v) is 6.81. The van der Waals surface area contributed by atoms with Gasteiger partial charge in [0.15, 0.2) is 11.5 Å². The molecule has 0 spiro atoms. The Bertz CT molecular complexity index is 1450. The minimum absolute atomic E-state index is 0.00193. The zero-order valence-electron chi connectivity index (χ0n) is 19.1. The normalized spacial score (nSPS) is 14.4. The number of hydrogen-bond donors (Lipinski definition) is 0.